The second-order valence-corrected chi connectivity index (χ2v) is 7.07. The van der Waals surface area contributed by atoms with E-state index < -0.39 is 0 Å². The predicted octanol–water partition coefficient (Wildman–Crippen LogP) is 4.94. The number of rotatable bonds is 4. The number of nitrogens with two attached hydrogens (primary N) is 1. The number of carbonyl (C=O) groups excluding carboxylic acids is 1. The topological polar surface area (TPSA) is 57.2 Å². The maximum atomic E-state index is 12.5. The first-order chi connectivity index (χ1) is 13.5. The average Bonchev–Trinajstić information content (AvgIpc) is 2.99. The lowest BCUT2D eigenvalue weighted by Gasteiger charge is -2.09. The van der Waals surface area contributed by atoms with Crippen molar-refractivity contribution in [3.05, 3.63) is 71.4 Å². The lowest BCUT2D eigenvalue weighted by molar-refractivity contribution is 0.0527. The van der Waals surface area contributed by atoms with Crippen molar-refractivity contribution in [1.29, 1.82) is 0 Å². The zero-order valence-corrected chi connectivity index (χ0v) is 16.5. The molecule has 1 heterocycles. The Kier molecular flexibility index (Phi) is 4.65. The molecule has 0 atom stereocenters. The van der Waals surface area contributed by atoms with Gasteiger partial charge >= 0.3 is 5.97 Å². The summed E-state index contributed by atoms with van der Waals surface area (Å²) in [5, 5.41) is 3.31. The molecule has 0 radical (unpaired) electrons. The van der Waals surface area contributed by atoms with Gasteiger partial charge in [0.05, 0.1) is 12.2 Å². The van der Waals surface area contributed by atoms with Crippen LogP contribution >= 0.6 is 0 Å². The van der Waals surface area contributed by atoms with Crippen LogP contribution in [0.3, 0.4) is 0 Å². The molecule has 0 saturated carbocycles. The predicted molar refractivity (Wildman–Crippen MR) is 114 cm³/mol. The van der Waals surface area contributed by atoms with E-state index in [1.54, 1.807) is 0 Å². The van der Waals surface area contributed by atoms with E-state index >= 15 is 0 Å². The van der Waals surface area contributed by atoms with Gasteiger partial charge in [-0.3, -0.25) is 0 Å². The molecule has 0 aliphatic rings. The molecule has 0 unspecified atom stereocenters. The Bertz CT molecular complexity index is 1200. The summed E-state index contributed by atoms with van der Waals surface area (Å²) in [5.74, 6) is -0.318. The minimum absolute atomic E-state index is 0.280. The van der Waals surface area contributed by atoms with Gasteiger partial charge in [0, 0.05) is 30.2 Å². The van der Waals surface area contributed by atoms with Crippen LogP contribution in [0.25, 0.3) is 32.8 Å². The summed E-state index contributed by atoms with van der Waals surface area (Å²) in [7, 11) is 1.95. The third-order valence-corrected chi connectivity index (χ3v) is 5.34. The lowest BCUT2D eigenvalue weighted by Crippen LogP contribution is -2.12. The summed E-state index contributed by atoms with van der Waals surface area (Å²) in [6, 6.07) is 19.1. The van der Waals surface area contributed by atoms with E-state index in [0.717, 1.165) is 22.2 Å². The quantitative estimate of drug-likeness (QED) is 0.516. The van der Waals surface area contributed by atoms with E-state index in [1.807, 2.05) is 24.6 Å². The molecule has 142 valence electrons. The van der Waals surface area contributed by atoms with E-state index in [1.165, 1.54) is 21.9 Å². The zero-order valence-electron chi connectivity index (χ0n) is 16.5. The smallest absolute Gasteiger partial charge is 0.340 e. The number of hydrogen-bond acceptors (Lipinski definition) is 3. The summed E-state index contributed by atoms with van der Waals surface area (Å²) < 4.78 is 7.27. The highest BCUT2D eigenvalue weighted by Gasteiger charge is 2.21. The van der Waals surface area contributed by atoms with E-state index in [9.17, 15) is 4.79 Å². The van der Waals surface area contributed by atoms with Crippen LogP contribution in [0.15, 0.2) is 54.6 Å². The second-order valence-electron chi connectivity index (χ2n) is 7.07. The summed E-state index contributed by atoms with van der Waals surface area (Å²) in [4.78, 5) is 12.5. The molecule has 0 amide bonds. The lowest BCUT2D eigenvalue weighted by atomic mass is 9.96. The van der Waals surface area contributed by atoms with Crippen molar-refractivity contribution in [1.82, 2.24) is 4.57 Å². The molecule has 0 spiro atoms. The van der Waals surface area contributed by atoms with Crippen LogP contribution in [0.2, 0.25) is 0 Å². The highest BCUT2D eigenvalue weighted by atomic mass is 16.5. The Morgan fingerprint density at radius 2 is 1.89 bits per heavy atom. The van der Waals surface area contributed by atoms with Crippen LogP contribution in [-0.4, -0.2) is 17.1 Å². The van der Waals surface area contributed by atoms with Crippen molar-refractivity contribution < 1.29 is 9.53 Å². The monoisotopic (exact) mass is 372 g/mol. The molecule has 4 nitrogen and oxygen atoms in total. The van der Waals surface area contributed by atoms with Gasteiger partial charge in [-0.1, -0.05) is 54.1 Å². The Hall–Kier alpha value is -3.11. The average molecular weight is 372 g/mol. The highest BCUT2D eigenvalue weighted by molar-refractivity contribution is 6.07. The van der Waals surface area contributed by atoms with Crippen molar-refractivity contribution >= 4 is 27.6 Å². The zero-order chi connectivity index (χ0) is 19.8. The summed E-state index contributed by atoms with van der Waals surface area (Å²) >= 11 is 0. The number of aromatic nitrogens is 1. The van der Waals surface area contributed by atoms with Gasteiger partial charge in [0.1, 0.15) is 0 Å². The molecule has 0 saturated heterocycles. The molecule has 0 fully saturated rings. The molecule has 28 heavy (non-hydrogen) atoms. The van der Waals surface area contributed by atoms with Gasteiger partial charge in [0.25, 0.3) is 0 Å². The van der Waals surface area contributed by atoms with E-state index in [0.29, 0.717) is 12.2 Å². The molecule has 3 aromatic carbocycles. The first kappa shape index (κ1) is 18.3. The van der Waals surface area contributed by atoms with E-state index in [4.69, 9.17) is 10.5 Å². The fourth-order valence-electron chi connectivity index (χ4n) is 3.96. The van der Waals surface area contributed by atoms with Crippen LogP contribution in [-0.2, 0) is 18.3 Å². The molecule has 4 aromatic rings. The molecule has 0 aliphatic heterocycles. The molecule has 0 bridgehead atoms. The van der Waals surface area contributed by atoms with Crippen LogP contribution < -0.4 is 5.73 Å². The number of benzene rings is 3. The molecule has 4 heteroatoms. The SMILES string of the molecule is CCOC(=O)c1c(CN)n(C)c2cc(-c3cccc4ccc(C)cc34)ccc12. The molecule has 1 aromatic heterocycles. The normalized spacial score (nSPS) is 11.3. The Morgan fingerprint density at radius 3 is 2.64 bits per heavy atom. The number of carbonyl (C=O) groups is 1. The maximum absolute atomic E-state index is 12.5. The van der Waals surface area contributed by atoms with Crippen molar-refractivity contribution in [3.8, 4) is 11.1 Å². The van der Waals surface area contributed by atoms with Gasteiger partial charge in [0.15, 0.2) is 0 Å². The number of hydrogen-bond donors (Lipinski definition) is 1. The number of nitrogens with zero attached hydrogens (tertiary/aromatic N) is 1. The van der Waals surface area contributed by atoms with Crippen LogP contribution in [0.1, 0.15) is 28.5 Å². The Balaban J connectivity index is 1.96. The second kappa shape index (κ2) is 7.13. The van der Waals surface area contributed by atoms with E-state index in [2.05, 4.69) is 55.5 Å². The molecule has 4 rings (SSSR count). The molecular formula is C24H24N2O2. The molecular weight excluding hydrogens is 348 g/mol. The summed E-state index contributed by atoms with van der Waals surface area (Å²) in [6.45, 7) is 4.54. The van der Waals surface area contributed by atoms with Gasteiger partial charge in [0.2, 0.25) is 0 Å². The van der Waals surface area contributed by atoms with Crippen LogP contribution in [0.5, 0.6) is 0 Å². The van der Waals surface area contributed by atoms with Crippen LogP contribution in [0.4, 0.5) is 0 Å². The first-order valence-electron chi connectivity index (χ1n) is 9.53. The van der Waals surface area contributed by atoms with Crippen LogP contribution in [0, 0.1) is 6.92 Å². The number of aryl methyl sites for hydroxylation is 2. The summed E-state index contributed by atoms with van der Waals surface area (Å²) in [6.07, 6.45) is 0. The van der Waals surface area contributed by atoms with Crippen molar-refractivity contribution in [2.45, 2.75) is 20.4 Å². The fraction of sp³-hybridized carbons (Fsp3) is 0.208. The third kappa shape index (κ3) is 2.86. The van der Waals surface area contributed by atoms with Gasteiger partial charge in [-0.25, -0.2) is 4.79 Å². The van der Waals surface area contributed by atoms with Gasteiger partial charge in [-0.05, 0) is 41.8 Å². The van der Waals surface area contributed by atoms with Gasteiger partial charge in [-0.15, -0.1) is 0 Å². The van der Waals surface area contributed by atoms with Crippen molar-refractivity contribution in [3.63, 3.8) is 0 Å². The standard InChI is InChI=1S/C24H24N2O2/c1-4-28-24(27)23-19-11-10-17(13-21(19)26(3)22(23)14-25)18-7-5-6-16-9-8-15(2)12-20(16)18/h5-13H,4,14,25H2,1-3H3. The van der Waals surface area contributed by atoms with Crippen molar-refractivity contribution in [2.24, 2.45) is 12.8 Å². The number of fused-ring (bicyclic) bond motifs is 2. The maximum Gasteiger partial charge on any atom is 0.340 e. The fourth-order valence-corrected chi connectivity index (χ4v) is 3.96. The van der Waals surface area contributed by atoms with E-state index in [-0.39, 0.29) is 12.5 Å². The van der Waals surface area contributed by atoms with Crippen molar-refractivity contribution in [2.75, 3.05) is 6.61 Å². The molecule has 0 aliphatic carbocycles. The Labute approximate surface area is 164 Å². The first-order valence-corrected chi connectivity index (χ1v) is 9.53. The van der Waals surface area contributed by atoms with Gasteiger partial charge < -0.3 is 15.0 Å². The molecule has 2 N–H and O–H groups in total. The minimum Gasteiger partial charge on any atom is -0.462 e. The Morgan fingerprint density at radius 1 is 1.07 bits per heavy atom. The number of ether oxygens (including phenoxy) is 1. The third-order valence-electron chi connectivity index (χ3n) is 5.34. The highest BCUT2D eigenvalue weighted by Crippen LogP contribution is 2.34. The minimum atomic E-state index is -0.318. The largest absolute Gasteiger partial charge is 0.462 e. The summed E-state index contributed by atoms with van der Waals surface area (Å²) in [5.41, 5.74) is 11.8. The number of esters is 1. The van der Waals surface area contributed by atoms with Gasteiger partial charge in [-0.2, -0.15) is 0 Å².